The summed E-state index contributed by atoms with van der Waals surface area (Å²) in [5, 5.41) is 8.82. The first kappa shape index (κ1) is 17.3. The van der Waals surface area contributed by atoms with Gasteiger partial charge in [0.1, 0.15) is 5.75 Å². The van der Waals surface area contributed by atoms with E-state index in [1.165, 1.54) is 0 Å². The summed E-state index contributed by atoms with van der Waals surface area (Å²) in [6.07, 6.45) is 2.72. The van der Waals surface area contributed by atoms with Crippen LogP contribution in [0.3, 0.4) is 0 Å². The zero-order valence-electron chi connectivity index (χ0n) is 13.4. The van der Waals surface area contributed by atoms with Crippen molar-refractivity contribution in [3.63, 3.8) is 0 Å². The van der Waals surface area contributed by atoms with Crippen molar-refractivity contribution < 1.29 is 14.3 Å². The van der Waals surface area contributed by atoms with Crippen molar-refractivity contribution in [2.75, 3.05) is 13.2 Å². The quantitative estimate of drug-likeness (QED) is 0.417. The highest BCUT2D eigenvalue weighted by Gasteiger charge is 2.00. The first-order chi connectivity index (χ1) is 11.7. The van der Waals surface area contributed by atoms with Crippen LogP contribution in [0.2, 0.25) is 0 Å². The van der Waals surface area contributed by atoms with Gasteiger partial charge in [-0.2, -0.15) is 5.26 Å². The number of nitriles is 1. The summed E-state index contributed by atoms with van der Waals surface area (Å²) in [5.41, 5.74) is 2.78. The number of nitrogens with zero attached hydrogens (tertiary/aromatic N) is 1. The molecule has 0 aliphatic heterocycles. The second kappa shape index (κ2) is 9.16. The molecule has 0 saturated carbocycles. The van der Waals surface area contributed by atoms with E-state index >= 15 is 0 Å². The van der Waals surface area contributed by atoms with Gasteiger partial charge in [0.15, 0.2) is 0 Å². The largest absolute Gasteiger partial charge is 0.494 e. The molecule has 0 saturated heterocycles. The first-order valence-electron chi connectivity index (χ1n) is 7.75. The zero-order valence-corrected chi connectivity index (χ0v) is 13.4. The molecule has 0 N–H and O–H groups in total. The van der Waals surface area contributed by atoms with Crippen LogP contribution in [-0.4, -0.2) is 19.2 Å². The Morgan fingerprint density at radius 3 is 2.17 bits per heavy atom. The molecule has 24 heavy (non-hydrogen) atoms. The van der Waals surface area contributed by atoms with Crippen LogP contribution in [0.15, 0.2) is 61.2 Å². The Bertz CT molecular complexity index is 712. The molecule has 122 valence electrons. The van der Waals surface area contributed by atoms with Gasteiger partial charge < -0.3 is 9.47 Å². The van der Waals surface area contributed by atoms with Crippen LogP contribution in [0, 0.1) is 11.3 Å². The lowest BCUT2D eigenvalue weighted by molar-refractivity contribution is -0.137. The minimum Gasteiger partial charge on any atom is -0.494 e. The van der Waals surface area contributed by atoms with E-state index in [0.29, 0.717) is 18.8 Å². The summed E-state index contributed by atoms with van der Waals surface area (Å²) in [6.45, 7) is 4.29. The highest BCUT2D eigenvalue weighted by atomic mass is 16.5. The molecule has 2 rings (SSSR count). The van der Waals surface area contributed by atoms with Gasteiger partial charge in [0, 0.05) is 6.08 Å². The molecular weight excluding hydrogens is 302 g/mol. The van der Waals surface area contributed by atoms with Gasteiger partial charge in [-0.3, -0.25) is 0 Å². The predicted molar refractivity (Wildman–Crippen MR) is 92.5 cm³/mol. The SMILES string of the molecule is C=CC(=O)OCCCCOc1ccc(-c2ccc(C#N)cc2)cc1. The van der Waals surface area contributed by atoms with Crippen molar-refractivity contribution in [2.45, 2.75) is 12.8 Å². The van der Waals surface area contributed by atoms with Crippen LogP contribution in [-0.2, 0) is 9.53 Å². The summed E-state index contributed by atoms with van der Waals surface area (Å²) in [5.74, 6) is 0.407. The van der Waals surface area contributed by atoms with Crippen LogP contribution in [0.1, 0.15) is 18.4 Å². The lowest BCUT2D eigenvalue weighted by atomic mass is 10.0. The number of carbonyl (C=O) groups excluding carboxylic acids is 1. The lowest BCUT2D eigenvalue weighted by Gasteiger charge is -2.08. The van der Waals surface area contributed by atoms with Crippen LogP contribution in [0.25, 0.3) is 11.1 Å². The molecule has 0 unspecified atom stereocenters. The van der Waals surface area contributed by atoms with Gasteiger partial charge >= 0.3 is 5.97 Å². The molecular formula is C20H19NO3. The van der Waals surface area contributed by atoms with Crippen molar-refractivity contribution in [3.8, 4) is 22.9 Å². The maximum Gasteiger partial charge on any atom is 0.330 e. The normalized spacial score (nSPS) is 9.79. The molecule has 4 nitrogen and oxygen atoms in total. The molecule has 0 aliphatic carbocycles. The second-order valence-electron chi connectivity index (χ2n) is 5.14. The van der Waals surface area contributed by atoms with Gasteiger partial charge in [0.25, 0.3) is 0 Å². The van der Waals surface area contributed by atoms with Crippen LogP contribution in [0.5, 0.6) is 5.75 Å². The van der Waals surface area contributed by atoms with Gasteiger partial charge in [-0.15, -0.1) is 0 Å². The fourth-order valence-electron chi connectivity index (χ4n) is 2.11. The van der Waals surface area contributed by atoms with Gasteiger partial charge in [0.2, 0.25) is 0 Å². The summed E-state index contributed by atoms with van der Waals surface area (Å²) in [7, 11) is 0. The van der Waals surface area contributed by atoms with Crippen molar-refractivity contribution in [1.29, 1.82) is 5.26 Å². The Labute approximate surface area is 141 Å². The number of rotatable bonds is 8. The van der Waals surface area contributed by atoms with E-state index in [-0.39, 0.29) is 0 Å². The van der Waals surface area contributed by atoms with Crippen LogP contribution < -0.4 is 4.74 Å². The Morgan fingerprint density at radius 1 is 1.00 bits per heavy atom. The number of esters is 1. The van der Waals surface area contributed by atoms with E-state index in [0.717, 1.165) is 35.8 Å². The molecule has 0 atom stereocenters. The Balaban J connectivity index is 1.76. The maximum absolute atomic E-state index is 10.9. The number of hydrogen-bond acceptors (Lipinski definition) is 4. The van der Waals surface area contributed by atoms with E-state index in [1.807, 2.05) is 36.4 Å². The monoisotopic (exact) mass is 321 g/mol. The smallest absolute Gasteiger partial charge is 0.330 e. The highest BCUT2D eigenvalue weighted by Crippen LogP contribution is 2.22. The minimum atomic E-state index is -0.394. The summed E-state index contributed by atoms with van der Waals surface area (Å²) in [4.78, 5) is 10.9. The first-order valence-corrected chi connectivity index (χ1v) is 7.75. The average Bonchev–Trinajstić information content (AvgIpc) is 2.65. The topological polar surface area (TPSA) is 59.3 Å². The summed E-state index contributed by atoms with van der Waals surface area (Å²) < 4.78 is 10.6. The summed E-state index contributed by atoms with van der Waals surface area (Å²) >= 11 is 0. The number of hydrogen-bond donors (Lipinski definition) is 0. The zero-order chi connectivity index (χ0) is 17.2. The molecule has 0 amide bonds. The third-order valence-electron chi connectivity index (χ3n) is 3.42. The van der Waals surface area contributed by atoms with E-state index in [1.54, 1.807) is 12.1 Å². The summed E-state index contributed by atoms with van der Waals surface area (Å²) in [6, 6.07) is 17.4. The molecule has 2 aromatic carbocycles. The molecule has 0 fully saturated rings. The molecule has 0 spiro atoms. The lowest BCUT2D eigenvalue weighted by Crippen LogP contribution is -2.04. The Kier molecular flexibility index (Phi) is 6.60. The van der Waals surface area contributed by atoms with Gasteiger partial charge in [-0.05, 0) is 48.2 Å². The van der Waals surface area contributed by atoms with E-state index in [9.17, 15) is 4.79 Å². The molecule has 0 aromatic heterocycles. The standard InChI is InChI=1S/C20H19NO3/c1-2-20(22)24-14-4-3-13-23-19-11-9-18(10-12-19)17-7-5-16(15-21)6-8-17/h2,5-12H,1,3-4,13-14H2. The molecule has 0 bridgehead atoms. The van der Waals surface area contributed by atoms with E-state index in [2.05, 4.69) is 12.6 Å². The third-order valence-corrected chi connectivity index (χ3v) is 3.42. The fourth-order valence-corrected chi connectivity index (χ4v) is 2.11. The second-order valence-corrected chi connectivity index (χ2v) is 5.14. The Morgan fingerprint density at radius 2 is 1.58 bits per heavy atom. The number of unbranched alkanes of at least 4 members (excludes halogenated alkanes) is 1. The molecule has 2 aromatic rings. The minimum absolute atomic E-state index is 0.381. The maximum atomic E-state index is 10.9. The van der Waals surface area contributed by atoms with Crippen molar-refractivity contribution >= 4 is 5.97 Å². The van der Waals surface area contributed by atoms with Crippen LogP contribution >= 0.6 is 0 Å². The molecule has 0 aliphatic rings. The van der Waals surface area contributed by atoms with E-state index < -0.39 is 5.97 Å². The van der Waals surface area contributed by atoms with Gasteiger partial charge in [-0.25, -0.2) is 4.79 Å². The fraction of sp³-hybridized carbons (Fsp3) is 0.200. The van der Waals surface area contributed by atoms with E-state index in [4.69, 9.17) is 14.7 Å². The van der Waals surface area contributed by atoms with Gasteiger partial charge in [0.05, 0.1) is 24.8 Å². The number of benzene rings is 2. The number of carbonyl (C=O) groups is 1. The van der Waals surface area contributed by atoms with Crippen molar-refractivity contribution in [2.24, 2.45) is 0 Å². The Hall–Kier alpha value is -3.06. The van der Waals surface area contributed by atoms with Crippen molar-refractivity contribution in [1.82, 2.24) is 0 Å². The highest BCUT2D eigenvalue weighted by molar-refractivity contribution is 5.81. The average molecular weight is 321 g/mol. The van der Waals surface area contributed by atoms with Gasteiger partial charge in [-0.1, -0.05) is 30.8 Å². The van der Waals surface area contributed by atoms with Crippen molar-refractivity contribution in [3.05, 3.63) is 66.7 Å². The predicted octanol–water partition coefficient (Wildman–Crippen LogP) is 4.11. The molecule has 0 heterocycles. The third kappa shape index (κ3) is 5.29. The molecule has 0 radical (unpaired) electrons. The van der Waals surface area contributed by atoms with Crippen LogP contribution in [0.4, 0.5) is 0 Å². The number of ether oxygens (including phenoxy) is 2. The molecule has 4 heteroatoms.